The summed E-state index contributed by atoms with van der Waals surface area (Å²) < 4.78 is 70.7. The molecule has 0 radical (unpaired) electrons. The number of sulfonamides is 1. The van der Waals surface area contributed by atoms with Crippen molar-refractivity contribution in [2.45, 2.75) is 62.5 Å². The van der Waals surface area contributed by atoms with Gasteiger partial charge in [0.05, 0.1) is 17.0 Å². The zero-order chi connectivity index (χ0) is 21.3. The van der Waals surface area contributed by atoms with Gasteiger partial charge in [-0.2, -0.15) is 13.2 Å². The van der Waals surface area contributed by atoms with Gasteiger partial charge in [0.2, 0.25) is 15.8 Å². The molecule has 2 aliphatic carbocycles. The summed E-state index contributed by atoms with van der Waals surface area (Å²) in [7, 11) is -3.41. The first-order valence-electron chi connectivity index (χ1n) is 10.1. The van der Waals surface area contributed by atoms with E-state index in [4.69, 9.17) is 0 Å². The summed E-state index contributed by atoms with van der Waals surface area (Å²) in [6, 6.07) is 0.809. The van der Waals surface area contributed by atoms with E-state index in [1.807, 2.05) is 6.92 Å². The zero-order valence-electron chi connectivity index (χ0n) is 16.3. The van der Waals surface area contributed by atoms with Gasteiger partial charge in [0, 0.05) is 23.7 Å². The molecule has 0 aliphatic heterocycles. The number of nitrogens with zero attached hydrogens (tertiary/aromatic N) is 3. The number of hydrogen-bond acceptors (Lipinski definition) is 4. The Bertz CT molecular complexity index is 1210. The van der Waals surface area contributed by atoms with E-state index in [-0.39, 0.29) is 22.7 Å². The van der Waals surface area contributed by atoms with Gasteiger partial charge < -0.3 is 9.55 Å². The summed E-state index contributed by atoms with van der Waals surface area (Å²) in [6.45, 7) is 1.93. The van der Waals surface area contributed by atoms with Gasteiger partial charge in [-0.25, -0.2) is 23.1 Å². The third-order valence-electron chi connectivity index (χ3n) is 6.30. The van der Waals surface area contributed by atoms with Crippen molar-refractivity contribution in [3.05, 3.63) is 24.3 Å². The number of halogens is 3. The molecule has 3 atom stereocenters. The Morgan fingerprint density at radius 3 is 2.73 bits per heavy atom. The van der Waals surface area contributed by atoms with Crippen molar-refractivity contribution in [2.24, 2.45) is 5.92 Å². The molecule has 7 nitrogen and oxygen atoms in total. The van der Waals surface area contributed by atoms with Crippen LogP contribution in [-0.2, 0) is 16.2 Å². The molecule has 0 amide bonds. The molecular weight excluding hydrogens is 419 g/mol. The second-order valence-corrected chi connectivity index (χ2v) is 10.3. The molecule has 11 heteroatoms. The average Bonchev–Trinajstić information content (AvgIpc) is 3.13. The monoisotopic (exact) mass is 441 g/mol. The van der Waals surface area contributed by atoms with E-state index >= 15 is 0 Å². The molecule has 0 bridgehead atoms. The molecule has 2 N–H and O–H groups in total. The molecular formula is C19H22F3N5O2S. The van der Waals surface area contributed by atoms with E-state index in [1.54, 1.807) is 12.3 Å². The summed E-state index contributed by atoms with van der Waals surface area (Å²) in [5.41, 5.74) is 1.07. The molecule has 2 fully saturated rings. The van der Waals surface area contributed by atoms with E-state index in [9.17, 15) is 21.6 Å². The number of rotatable bonds is 5. The van der Waals surface area contributed by atoms with Crippen LogP contribution in [0.4, 0.5) is 13.2 Å². The van der Waals surface area contributed by atoms with Crippen LogP contribution in [0, 0.1) is 5.92 Å². The number of H-pyrrole nitrogens is 1. The minimum absolute atomic E-state index is 0.0995. The minimum Gasteiger partial charge on any atom is -0.346 e. The summed E-state index contributed by atoms with van der Waals surface area (Å²) in [5.74, 6) is -1.06. The summed E-state index contributed by atoms with van der Waals surface area (Å²) in [4.78, 5) is 11.0. The van der Waals surface area contributed by atoms with Crippen molar-refractivity contribution in [2.75, 3.05) is 0 Å². The number of alkyl halides is 3. The highest BCUT2D eigenvalue weighted by atomic mass is 32.2. The molecule has 3 aromatic rings. The van der Waals surface area contributed by atoms with Crippen LogP contribution in [0.2, 0.25) is 0 Å². The lowest BCUT2D eigenvalue weighted by Gasteiger charge is -2.23. The Hall–Kier alpha value is -2.14. The predicted molar refractivity (Wildman–Crippen MR) is 105 cm³/mol. The first-order chi connectivity index (χ1) is 14.2. The van der Waals surface area contributed by atoms with Gasteiger partial charge >= 0.3 is 6.18 Å². The lowest BCUT2D eigenvalue weighted by molar-refractivity contribution is -0.147. The number of nitrogens with one attached hydrogen (secondary N) is 2. The van der Waals surface area contributed by atoms with Crippen molar-refractivity contribution in [3.63, 3.8) is 0 Å². The molecule has 2 saturated carbocycles. The molecule has 0 saturated heterocycles. The highest BCUT2D eigenvalue weighted by Crippen LogP contribution is 2.45. The van der Waals surface area contributed by atoms with E-state index in [2.05, 4.69) is 19.7 Å². The Labute approximate surface area is 171 Å². The Balaban J connectivity index is 1.62. The van der Waals surface area contributed by atoms with E-state index < -0.39 is 28.1 Å². The van der Waals surface area contributed by atoms with Crippen LogP contribution in [0.5, 0.6) is 0 Å². The van der Waals surface area contributed by atoms with Crippen LogP contribution >= 0.6 is 0 Å². The van der Waals surface area contributed by atoms with Crippen molar-refractivity contribution < 1.29 is 21.6 Å². The van der Waals surface area contributed by atoms with Crippen molar-refractivity contribution in [3.8, 4) is 0 Å². The van der Waals surface area contributed by atoms with E-state index in [0.717, 1.165) is 0 Å². The molecule has 3 aromatic heterocycles. The van der Waals surface area contributed by atoms with Gasteiger partial charge in [0.15, 0.2) is 0 Å². The molecule has 2 aliphatic rings. The lowest BCUT2D eigenvalue weighted by atomic mass is 10.00. The first-order valence-corrected chi connectivity index (χ1v) is 11.7. The topological polar surface area (TPSA) is 92.7 Å². The maximum Gasteiger partial charge on any atom is 0.449 e. The quantitative estimate of drug-likeness (QED) is 0.631. The van der Waals surface area contributed by atoms with Crippen molar-refractivity contribution >= 4 is 32.1 Å². The van der Waals surface area contributed by atoms with Crippen LogP contribution in [0.3, 0.4) is 0 Å². The first kappa shape index (κ1) is 19.8. The second kappa shape index (κ2) is 6.68. The smallest absolute Gasteiger partial charge is 0.346 e. The molecule has 0 spiro atoms. The number of aromatic amines is 1. The summed E-state index contributed by atoms with van der Waals surface area (Å²) in [6.07, 6.45) is 1.09. The fourth-order valence-electron chi connectivity index (χ4n) is 4.78. The highest BCUT2D eigenvalue weighted by Gasteiger charge is 2.45. The number of imidazole rings is 1. The summed E-state index contributed by atoms with van der Waals surface area (Å²) in [5, 5.41) is 0.217. The number of hydrogen-bond donors (Lipinski definition) is 2. The Kier molecular flexibility index (Phi) is 4.41. The predicted octanol–water partition coefficient (Wildman–Crippen LogP) is 3.74. The molecule has 5 rings (SSSR count). The number of fused-ring (bicyclic) bond motifs is 3. The fraction of sp³-hybridized carbons (Fsp3) is 0.579. The third kappa shape index (κ3) is 3.18. The van der Waals surface area contributed by atoms with Gasteiger partial charge in [-0.15, -0.1) is 0 Å². The number of pyridine rings is 1. The van der Waals surface area contributed by atoms with Crippen molar-refractivity contribution in [1.29, 1.82) is 0 Å². The van der Waals surface area contributed by atoms with Gasteiger partial charge in [-0.1, -0.05) is 13.3 Å². The van der Waals surface area contributed by atoms with Gasteiger partial charge in [0.25, 0.3) is 0 Å². The van der Waals surface area contributed by atoms with Crippen LogP contribution in [0.25, 0.3) is 22.1 Å². The van der Waals surface area contributed by atoms with Gasteiger partial charge in [-0.3, -0.25) is 0 Å². The molecule has 3 heterocycles. The highest BCUT2D eigenvalue weighted by molar-refractivity contribution is 7.90. The van der Waals surface area contributed by atoms with Crippen LogP contribution in [0.15, 0.2) is 18.5 Å². The second-order valence-electron chi connectivity index (χ2n) is 8.30. The standard InChI is InChI=1S/C19H22F3N5O2S/c1-2-10-7-11(26-30(28,29)12-3-4-12)8-15(10)27-16-13-5-6-23-17(13)24-9-14(16)25-18(27)19(20,21)22/h5-6,9-12,15,26H,2-4,7-8H2,1H3,(H,23,24)/t10-,11?,15?/m1/s1. The fourth-order valence-corrected chi connectivity index (χ4v) is 6.38. The molecule has 162 valence electrons. The zero-order valence-corrected chi connectivity index (χ0v) is 17.1. The van der Waals surface area contributed by atoms with Crippen LogP contribution in [0.1, 0.15) is 50.9 Å². The van der Waals surface area contributed by atoms with Crippen LogP contribution < -0.4 is 4.72 Å². The van der Waals surface area contributed by atoms with E-state index in [1.165, 1.54) is 10.8 Å². The molecule has 30 heavy (non-hydrogen) atoms. The Morgan fingerprint density at radius 2 is 2.07 bits per heavy atom. The summed E-state index contributed by atoms with van der Waals surface area (Å²) >= 11 is 0. The molecule has 0 aromatic carbocycles. The largest absolute Gasteiger partial charge is 0.449 e. The Morgan fingerprint density at radius 1 is 1.30 bits per heavy atom. The van der Waals surface area contributed by atoms with Gasteiger partial charge in [0.1, 0.15) is 11.2 Å². The SMILES string of the molecule is CC[C@@H]1CC(NS(=O)(=O)C2CC2)CC1n1c(C(F)(F)F)nc2cnc3[nH]ccc3c21. The minimum atomic E-state index is -4.63. The third-order valence-corrected chi connectivity index (χ3v) is 8.31. The maximum absolute atomic E-state index is 14.0. The maximum atomic E-state index is 14.0. The average molecular weight is 441 g/mol. The van der Waals surface area contributed by atoms with E-state index in [0.29, 0.717) is 48.7 Å². The number of aromatic nitrogens is 4. The lowest BCUT2D eigenvalue weighted by Crippen LogP contribution is -2.35. The van der Waals surface area contributed by atoms with Gasteiger partial charge in [-0.05, 0) is 37.7 Å². The van der Waals surface area contributed by atoms with Crippen LogP contribution in [-0.4, -0.2) is 39.2 Å². The molecule has 2 unspecified atom stereocenters. The van der Waals surface area contributed by atoms with Crippen molar-refractivity contribution in [1.82, 2.24) is 24.2 Å². The normalized spacial score (nSPS) is 25.5.